The van der Waals surface area contributed by atoms with E-state index in [1.54, 1.807) is 6.07 Å². The molecule has 1 N–H and O–H groups in total. The first kappa shape index (κ1) is 23.3. The third-order valence-corrected chi connectivity index (χ3v) is 6.63. The van der Waals surface area contributed by atoms with Crippen LogP contribution in [0.25, 0.3) is 0 Å². The van der Waals surface area contributed by atoms with Gasteiger partial charge in [-0.3, -0.25) is 9.69 Å². The van der Waals surface area contributed by atoms with E-state index >= 15 is 0 Å². The summed E-state index contributed by atoms with van der Waals surface area (Å²) in [4.78, 5) is 14.1. The fraction of sp³-hybridized carbons (Fsp3) is 0.519. The average Bonchev–Trinajstić information content (AvgIpc) is 2.80. The van der Waals surface area contributed by atoms with Crippen molar-refractivity contribution in [2.75, 3.05) is 7.11 Å². The molecule has 0 amide bonds. The molecule has 1 saturated carbocycles. The van der Waals surface area contributed by atoms with Gasteiger partial charge in [0, 0.05) is 24.7 Å². The molecule has 4 heteroatoms. The Morgan fingerprint density at radius 1 is 1.03 bits per heavy atom. The summed E-state index contributed by atoms with van der Waals surface area (Å²) in [5, 5.41) is 10.7. The Morgan fingerprint density at radius 3 is 2.42 bits per heavy atom. The summed E-state index contributed by atoms with van der Waals surface area (Å²) >= 11 is 0. The van der Waals surface area contributed by atoms with Gasteiger partial charge in [0.25, 0.3) is 0 Å². The number of esters is 1. The number of nitrogens with zero attached hydrogens (tertiary/aromatic N) is 1. The Labute approximate surface area is 187 Å². The van der Waals surface area contributed by atoms with Crippen LogP contribution in [-0.4, -0.2) is 29.1 Å². The van der Waals surface area contributed by atoms with Crippen molar-refractivity contribution in [2.24, 2.45) is 5.92 Å². The first-order chi connectivity index (χ1) is 15.1. The van der Waals surface area contributed by atoms with Gasteiger partial charge < -0.3 is 9.84 Å². The molecule has 0 spiro atoms. The van der Waals surface area contributed by atoms with Gasteiger partial charge in [-0.25, -0.2) is 0 Å². The van der Waals surface area contributed by atoms with Crippen LogP contribution in [0.1, 0.15) is 68.6 Å². The van der Waals surface area contributed by atoms with Gasteiger partial charge in [-0.2, -0.15) is 0 Å². The van der Waals surface area contributed by atoms with E-state index in [-0.39, 0.29) is 18.1 Å². The molecule has 2 aromatic rings. The van der Waals surface area contributed by atoms with Gasteiger partial charge in [0.15, 0.2) is 0 Å². The minimum Gasteiger partial charge on any atom is -0.508 e. The number of phenolic OH excluding ortho intramolecular Hbond substituents is 1. The molecule has 0 saturated heterocycles. The molecule has 4 nitrogen and oxygen atoms in total. The van der Waals surface area contributed by atoms with Crippen LogP contribution < -0.4 is 0 Å². The largest absolute Gasteiger partial charge is 0.508 e. The minimum absolute atomic E-state index is 0.180. The molecular formula is C27H37NO3. The topological polar surface area (TPSA) is 49.8 Å². The molecule has 1 aliphatic carbocycles. The number of methoxy groups -OCH3 is 1. The fourth-order valence-corrected chi connectivity index (χ4v) is 4.73. The molecule has 168 valence electrons. The number of hydrogen-bond donors (Lipinski definition) is 1. The van der Waals surface area contributed by atoms with Crippen LogP contribution in [0.4, 0.5) is 0 Å². The number of phenols is 1. The maximum Gasteiger partial charge on any atom is 0.309 e. The summed E-state index contributed by atoms with van der Waals surface area (Å²) in [5.74, 6) is 0.842. The second-order valence-electron chi connectivity index (χ2n) is 8.92. The molecular weight excluding hydrogens is 386 g/mol. The highest BCUT2D eigenvalue weighted by molar-refractivity contribution is 5.72. The molecule has 0 bridgehead atoms. The van der Waals surface area contributed by atoms with E-state index in [2.05, 4.69) is 42.2 Å². The van der Waals surface area contributed by atoms with Crippen molar-refractivity contribution in [3.05, 3.63) is 65.2 Å². The van der Waals surface area contributed by atoms with Gasteiger partial charge in [0.05, 0.1) is 13.5 Å². The lowest BCUT2D eigenvalue weighted by Gasteiger charge is -2.37. The second-order valence-corrected chi connectivity index (χ2v) is 8.92. The van der Waals surface area contributed by atoms with Gasteiger partial charge in [-0.05, 0) is 48.8 Å². The highest BCUT2D eigenvalue weighted by atomic mass is 16.5. The third kappa shape index (κ3) is 7.10. The predicted molar refractivity (Wildman–Crippen MR) is 125 cm³/mol. The van der Waals surface area contributed by atoms with Gasteiger partial charge in [-0.15, -0.1) is 0 Å². The highest BCUT2D eigenvalue weighted by Crippen LogP contribution is 2.33. The van der Waals surface area contributed by atoms with Crippen LogP contribution in [0.15, 0.2) is 48.5 Å². The minimum atomic E-state index is -0.294. The first-order valence-electron chi connectivity index (χ1n) is 11.7. The van der Waals surface area contributed by atoms with Gasteiger partial charge in [0.2, 0.25) is 0 Å². The molecule has 0 atom stereocenters. The summed E-state index contributed by atoms with van der Waals surface area (Å²) in [5.41, 5.74) is 2.99. The molecule has 31 heavy (non-hydrogen) atoms. The first-order valence-corrected chi connectivity index (χ1v) is 11.7. The summed E-state index contributed by atoms with van der Waals surface area (Å²) in [7, 11) is 1.38. The molecule has 0 aliphatic heterocycles. The number of hydrogen-bond acceptors (Lipinski definition) is 4. The normalized spacial score (nSPS) is 18.8. The van der Waals surface area contributed by atoms with Gasteiger partial charge in [0.1, 0.15) is 5.75 Å². The van der Waals surface area contributed by atoms with Gasteiger partial charge in [-0.1, -0.05) is 68.7 Å². The van der Waals surface area contributed by atoms with Crippen molar-refractivity contribution >= 4 is 5.97 Å². The molecule has 1 aliphatic rings. The fourth-order valence-electron chi connectivity index (χ4n) is 4.73. The van der Waals surface area contributed by atoms with E-state index in [0.717, 1.165) is 23.6 Å². The summed E-state index contributed by atoms with van der Waals surface area (Å²) < 4.78 is 4.74. The molecule has 2 aromatic carbocycles. The van der Waals surface area contributed by atoms with Crippen LogP contribution >= 0.6 is 0 Å². The summed E-state index contributed by atoms with van der Waals surface area (Å²) in [6.45, 7) is 3.87. The van der Waals surface area contributed by atoms with Crippen LogP contribution in [0, 0.1) is 5.92 Å². The third-order valence-electron chi connectivity index (χ3n) is 6.63. The number of ether oxygens (including phenoxy) is 1. The maximum absolute atomic E-state index is 11.5. The Morgan fingerprint density at radius 2 is 1.77 bits per heavy atom. The van der Waals surface area contributed by atoms with Gasteiger partial charge >= 0.3 is 5.97 Å². The standard InChI is InChI=1S/C27H37NO3/c1-3-4-8-21-12-15-25(16-13-21)28(19-22-9-6-5-7-10-22)20-24-14-11-23(17-26(24)29)18-27(30)31-2/h5-7,9-11,14,17,21,25,29H,3-4,8,12-13,15-16,18-20H2,1-2H3. The monoisotopic (exact) mass is 423 g/mol. The second kappa shape index (κ2) is 11.9. The van der Waals surface area contributed by atoms with E-state index in [9.17, 15) is 9.90 Å². The number of aromatic hydroxyl groups is 1. The van der Waals surface area contributed by atoms with E-state index < -0.39 is 0 Å². The van der Waals surface area contributed by atoms with Crippen molar-refractivity contribution in [3.8, 4) is 5.75 Å². The number of unbranched alkanes of at least 4 members (excludes halogenated alkanes) is 1. The summed E-state index contributed by atoms with van der Waals surface area (Å²) in [6.07, 6.45) is 9.23. The molecule has 0 radical (unpaired) electrons. The average molecular weight is 424 g/mol. The van der Waals surface area contributed by atoms with E-state index in [1.807, 2.05) is 12.1 Å². The molecule has 3 rings (SSSR count). The zero-order valence-corrected chi connectivity index (χ0v) is 19.1. The molecule has 0 heterocycles. The molecule has 0 aromatic heterocycles. The molecule has 0 unspecified atom stereocenters. The van der Waals surface area contributed by atoms with E-state index in [4.69, 9.17) is 4.74 Å². The van der Waals surface area contributed by atoms with Crippen LogP contribution in [0.3, 0.4) is 0 Å². The van der Waals surface area contributed by atoms with Crippen molar-refractivity contribution in [1.29, 1.82) is 0 Å². The lowest BCUT2D eigenvalue weighted by molar-refractivity contribution is -0.139. The predicted octanol–water partition coefficient (Wildman–Crippen LogP) is 5.86. The number of benzene rings is 2. The lowest BCUT2D eigenvalue weighted by Crippen LogP contribution is -2.37. The van der Waals surface area contributed by atoms with Crippen LogP contribution in [0.5, 0.6) is 5.75 Å². The Balaban J connectivity index is 1.70. The van der Waals surface area contributed by atoms with Crippen molar-refractivity contribution in [2.45, 2.75) is 77.4 Å². The zero-order chi connectivity index (χ0) is 22.1. The van der Waals surface area contributed by atoms with Crippen molar-refractivity contribution < 1.29 is 14.6 Å². The van der Waals surface area contributed by atoms with Crippen molar-refractivity contribution in [1.82, 2.24) is 4.90 Å². The number of rotatable bonds is 10. The van der Waals surface area contributed by atoms with E-state index in [0.29, 0.717) is 12.6 Å². The summed E-state index contributed by atoms with van der Waals surface area (Å²) in [6, 6.07) is 16.7. The Bertz CT molecular complexity index is 812. The Hall–Kier alpha value is -2.33. The number of carbonyl (C=O) groups excluding carboxylic acids is 1. The van der Waals surface area contributed by atoms with Crippen LogP contribution in [0.2, 0.25) is 0 Å². The zero-order valence-electron chi connectivity index (χ0n) is 19.1. The number of carbonyl (C=O) groups is 1. The lowest BCUT2D eigenvalue weighted by atomic mass is 9.82. The van der Waals surface area contributed by atoms with Crippen molar-refractivity contribution in [3.63, 3.8) is 0 Å². The quantitative estimate of drug-likeness (QED) is 0.486. The SMILES string of the molecule is CCCCC1CCC(N(Cc2ccccc2)Cc2ccc(CC(=O)OC)cc2O)CC1. The van der Waals surface area contributed by atoms with E-state index in [1.165, 1.54) is 57.6 Å². The Kier molecular flexibility index (Phi) is 8.96. The molecule has 1 fully saturated rings. The highest BCUT2D eigenvalue weighted by Gasteiger charge is 2.26. The maximum atomic E-state index is 11.5. The van der Waals surface area contributed by atoms with Crippen LogP contribution in [-0.2, 0) is 29.0 Å². The smallest absolute Gasteiger partial charge is 0.309 e.